The SMILES string of the molecule is CCN(CC(O)c1ccc(C)cc1)C(=O)c1c(F)cc(F)cc1F. The van der Waals surface area contributed by atoms with Gasteiger partial charge in [0.15, 0.2) is 0 Å². The Hall–Kier alpha value is -2.34. The minimum atomic E-state index is -1.26. The molecule has 2 aromatic carbocycles. The predicted octanol–water partition coefficient (Wildman–Crippen LogP) is 3.61. The van der Waals surface area contributed by atoms with E-state index in [2.05, 4.69) is 0 Å². The second-order valence-corrected chi connectivity index (χ2v) is 5.51. The standard InChI is InChI=1S/C18H18F3NO2/c1-3-22(10-16(23)12-6-4-11(2)5-7-12)18(24)17-14(20)8-13(19)9-15(17)21/h4-9,16,23H,3,10H2,1-2H3. The number of hydrogen-bond acceptors (Lipinski definition) is 2. The summed E-state index contributed by atoms with van der Waals surface area (Å²) in [6, 6.07) is 7.99. The van der Waals surface area contributed by atoms with Crippen molar-refractivity contribution in [3.8, 4) is 0 Å². The summed E-state index contributed by atoms with van der Waals surface area (Å²) in [5, 5.41) is 10.3. The first-order chi connectivity index (χ1) is 11.3. The zero-order chi connectivity index (χ0) is 17.9. The van der Waals surface area contributed by atoms with Crippen molar-refractivity contribution in [2.75, 3.05) is 13.1 Å². The Labute approximate surface area is 138 Å². The molecule has 0 heterocycles. The number of nitrogens with zero attached hydrogens (tertiary/aromatic N) is 1. The first-order valence-corrected chi connectivity index (χ1v) is 7.52. The van der Waals surface area contributed by atoms with Gasteiger partial charge in [0.25, 0.3) is 5.91 Å². The van der Waals surface area contributed by atoms with Crippen LogP contribution < -0.4 is 0 Å². The van der Waals surface area contributed by atoms with Gasteiger partial charge >= 0.3 is 0 Å². The maximum absolute atomic E-state index is 13.8. The molecule has 0 saturated heterocycles. The Balaban J connectivity index is 2.22. The fraction of sp³-hybridized carbons (Fsp3) is 0.278. The van der Waals surface area contributed by atoms with Gasteiger partial charge in [-0.15, -0.1) is 0 Å². The van der Waals surface area contributed by atoms with Crippen molar-refractivity contribution in [3.63, 3.8) is 0 Å². The van der Waals surface area contributed by atoms with E-state index in [-0.39, 0.29) is 13.1 Å². The van der Waals surface area contributed by atoms with Crippen LogP contribution in [0.3, 0.4) is 0 Å². The van der Waals surface area contributed by atoms with E-state index in [1.54, 1.807) is 19.1 Å². The lowest BCUT2D eigenvalue weighted by atomic mass is 10.1. The summed E-state index contributed by atoms with van der Waals surface area (Å²) in [4.78, 5) is 13.5. The molecule has 2 aromatic rings. The first kappa shape index (κ1) is 18.0. The van der Waals surface area contributed by atoms with Crippen molar-refractivity contribution in [3.05, 3.63) is 70.5 Å². The fourth-order valence-corrected chi connectivity index (χ4v) is 2.36. The molecule has 0 fully saturated rings. The number of aryl methyl sites for hydroxylation is 1. The molecular formula is C18H18F3NO2. The Morgan fingerprint density at radius 2 is 1.67 bits per heavy atom. The van der Waals surface area contributed by atoms with Crippen molar-refractivity contribution in [1.29, 1.82) is 0 Å². The second kappa shape index (κ2) is 7.49. The van der Waals surface area contributed by atoms with Crippen molar-refractivity contribution < 1.29 is 23.1 Å². The monoisotopic (exact) mass is 337 g/mol. The molecule has 1 unspecified atom stereocenters. The van der Waals surface area contributed by atoms with E-state index < -0.39 is 35.0 Å². The zero-order valence-corrected chi connectivity index (χ0v) is 13.4. The second-order valence-electron chi connectivity index (χ2n) is 5.51. The summed E-state index contributed by atoms with van der Waals surface area (Å²) in [6.07, 6.45) is -0.999. The molecule has 0 radical (unpaired) electrons. The summed E-state index contributed by atoms with van der Waals surface area (Å²) >= 11 is 0. The zero-order valence-electron chi connectivity index (χ0n) is 13.4. The lowest BCUT2D eigenvalue weighted by molar-refractivity contribution is 0.0625. The number of halogens is 3. The number of carbonyl (C=O) groups is 1. The number of amides is 1. The predicted molar refractivity (Wildman–Crippen MR) is 84.0 cm³/mol. The summed E-state index contributed by atoms with van der Waals surface area (Å²) in [5.41, 5.74) is 0.783. The molecule has 0 aliphatic rings. The van der Waals surface area contributed by atoms with E-state index >= 15 is 0 Å². The van der Waals surface area contributed by atoms with Crippen molar-refractivity contribution >= 4 is 5.91 Å². The van der Waals surface area contributed by atoms with Gasteiger partial charge in [0.05, 0.1) is 12.6 Å². The van der Waals surface area contributed by atoms with Crippen molar-refractivity contribution in [1.82, 2.24) is 4.90 Å². The summed E-state index contributed by atoms with van der Waals surface area (Å²) < 4.78 is 40.5. The van der Waals surface area contributed by atoms with Crippen LogP contribution in [0.15, 0.2) is 36.4 Å². The van der Waals surface area contributed by atoms with E-state index in [4.69, 9.17) is 0 Å². The van der Waals surface area contributed by atoms with Crippen LogP contribution in [0.1, 0.15) is 34.5 Å². The third-order valence-corrected chi connectivity index (χ3v) is 3.75. The molecular weight excluding hydrogens is 319 g/mol. The lowest BCUT2D eigenvalue weighted by Crippen LogP contribution is -2.35. The molecule has 0 spiro atoms. The maximum atomic E-state index is 13.8. The minimum Gasteiger partial charge on any atom is -0.387 e. The topological polar surface area (TPSA) is 40.5 Å². The fourth-order valence-electron chi connectivity index (χ4n) is 2.36. The molecule has 0 aromatic heterocycles. The molecule has 1 atom stereocenters. The van der Waals surface area contributed by atoms with Crippen molar-refractivity contribution in [2.24, 2.45) is 0 Å². The Morgan fingerprint density at radius 3 is 2.17 bits per heavy atom. The van der Waals surface area contributed by atoms with E-state index in [0.29, 0.717) is 17.7 Å². The third kappa shape index (κ3) is 3.94. The van der Waals surface area contributed by atoms with Crippen molar-refractivity contribution in [2.45, 2.75) is 20.0 Å². The summed E-state index contributed by atoms with van der Waals surface area (Å²) in [6.45, 7) is 3.53. The molecule has 24 heavy (non-hydrogen) atoms. The quantitative estimate of drug-likeness (QED) is 0.905. The molecule has 3 nitrogen and oxygen atoms in total. The highest BCUT2D eigenvalue weighted by Crippen LogP contribution is 2.20. The smallest absolute Gasteiger partial charge is 0.259 e. The highest BCUT2D eigenvalue weighted by molar-refractivity contribution is 5.94. The number of likely N-dealkylation sites (N-methyl/N-ethyl adjacent to an activating group) is 1. The molecule has 6 heteroatoms. The highest BCUT2D eigenvalue weighted by atomic mass is 19.1. The molecule has 0 saturated carbocycles. The Morgan fingerprint density at radius 1 is 1.12 bits per heavy atom. The number of aliphatic hydroxyl groups is 1. The van der Waals surface area contributed by atoms with Gasteiger partial charge in [0, 0.05) is 18.7 Å². The van der Waals surface area contributed by atoms with Gasteiger partial charge in [-0.25, -0.2) is 13.2 Å². The first-order valence-electron chi connectivity index (χ1n) is 7.52. The number of benzene rings is 2. The molecule has 0 aliphatic heterocycles. The van der Waals surface area contributed by atoms with Gasteiger partial charge in [-0.05, 0) is 19.4 Å². The van der Waals surface area contributed by atoms with Crippen LogP contribution in [0.2, 0.25) is 0 Å². The normalized spacial score (nSPS) is 12.1. The van der Waals surface area contributed by atoms with Gasteiger partial charge in [-0.1, -0.05) is 29.8 Å². The lowest BCUT2D eigenvalue weighted by Gasteiger charge is -2.24. The van der Waals surface area contributed by atoms with Gasteiger partial charge in [-0.3, -0.25) is 4.79 Å². The molecule has 128 valence electrons. The minimum absolute atomic E-state index is 0.130. The third-order valence-electron chi connectivity index (χ3n) is 3.75. The molecule has 1 N–H and O–H groups in total. The van der Waals surface area contributed by atoms with E-state index in [1.165, 1.54) is 0 Å². The number of carbonyl (C=O) groups excluding carboxylic acids is 1. The van der Waals surface area contributed by atoms with Crippen LogP contribution in [0, 0.1) is 24.4 Å². The summed E-state index contributed by atoms with van der Waals surface area (Å²) in [7, 11) is 0. The largest absolute Gasteiger partial charge is 0.387 e. The van der Waals surface area contributed by atoms with Gasteiger partial charge in [-0.2, -0.15) is 0 Å². The average molecular weight is 337 g/mol. The molecule has 0 bridgehead atoms. The molecule has 0 aliphatic carbocycles. The van der Waals surface area contributed by atoms with Gasteiger partial charge in [0.1, 0.15) is 23.0 Å². The van der Waals surface area contributed by atoms with E-state index in [9.17, 15) is 23.1 Å². The van der Waals surface area contributed by atoms with Crippen LogP contribution in [0.25, 0.3) is 0 Å². The van der Waals surface area contributed by atoms with Gasteiger partial charge in [0.2, 0.25) is 0 Å². The highest BCUT2D eigenvalue weighted by Gasteiger charge is 2.25. The molecule has 1 amide bonds. The van der Waals surface area contributed by atoms with Crippen LogP contribution in [-0.4, -0.2) is 29.0 Å². The van der Waals surface area contributed by atoms with Crippen LogP contribution in [0.4, 0.5) is 13.2 Å². The number of aliphatic hydroxyl groups excluding tert-OH is 1. The van der Waals surface area contributed by atoms with E-state index in [0.717, 1.165) is 10.5 Å². The number of hydrogen-bond donors (Lipinski definition) is 1. The van der Waals surface area contributed by atoms with Crippen LogP contribution in [0.5, 0.6) is 0 Å². The van der Waals surface area contributed by atoms with Gasteiger partial charge < -0.3 is 10.0 Å². The van der Waals surface area contributed by atoms with Crippen LogP contribution in [-0.2, 0) is 0 Å². The average Bonchev–Trinajstić information content (AvgIpc) is 2.51. The Bertz CT molecular complexity index is 709. The maximum Gasteiger partial charge on any atom is 0.259 e. The Kier molecular flexibility index (Phi) is 5.62. The summed E-state index contributed by atoms with van der Waals surface area (Å²) in [5.74, 6) is -4.55. The van der Waals surface area contributed by atoms with Crippen LogP contribution >= 0.6 is 0 Å². The number of rotatable bonds is 5. The molecule has 2 rings (SSSR count). The van der Waals surface area contributed by atoms with E-state index in [1.807, 2.05) is 19.1 Å².